The smallest absolute Gasteiger partial charge is 0.251 e. The van der Waals surface area contributed by atoms with E-state index in [0.717, 1.165) is 11.1 Å². The first-order chi connectivity index (χ1) is 11.3. The monoisotopic (exact) mass is 346 g/mol. The Morgan fingerprint density at radius 1 is 1.12 bits per heavy atom. The van der Waals surface area contributed by atoms with Crippen molar-refractivity contribution >= 4 is 21.6 Å². The van der Waals surface area contributed by atoms with Crippen LogP contribution in [0, 0.1) is 6.92 Å². The van der Waals surface area contributed by atoms with Crippen LogP contribution < -0.4 is 9.62 Å². The van der Waals surface area contributed by atoms with Crippen LogP contribution in [-0.4, -0.2) is 27.1 Å². The maximum absolute atomic E-state index is 12.2. The van der Waals surface area contributed by atoms with Crippen molar-refractivity contribution in [2.24, 2.45) is 0 Å². The third-order valence-electron chi connectivity index (χ3n) is 3.81. The molecule has 0 atom stereocenters. The van der Waals surface area contributed by atoms with Gasteiger partial charge in [-0.25, -0.2) is 8.42 Å². The van der Waals surface area contributed by atoms with Gasteiger partial charge in [-0.05, 0) is 43.7 Å². The minimum atomic E-state index is -3.30. The summed E-state index contributed by atoms with van der Waals surface area (Å²) >= 11 is 0. The quantitative estimate of drug-likeness (QED) is 0.874. The zero-order valence-corrected chi connectivity index (χ0v) is 14.9. The van der Waals surface area contributed by atoms with Gasteiger partial charge in [0.25, 0.3) is 5.91 Å². The lowest BCUT2D eigenvalue weighted by molar-refractivity contribution is 0.0951. The summed E-state index contributed by atoms with van der Waals surface area (Å²) in [6, 6.07) is 14.5. The van der Waals surface area contributed by atoms with Crippen LogP contribution in [0.5, 0.6) is 0 Å². The van der Waals surface area contributed by atoms with Gasteiger partial charge in [-0.1, -0.05) is 29.8 Å². The van der Waals surface area contributed by atoms with Crippen LogP contribution in [-0.2, 0) is 16.6 Å². The number of aryl methyl sites for hydroxylation is 1. The normalized spacial score (nSPS) is 11.1. The first kappa shape index (κ1) is 18.0. The molecule has 0 saturated carbocycles. The molecule has 0 radical (unpaired) electrons. The molecule has 0 aliphatic rings. The summed E-state index contributed by atoms with van der Waals surface area (Å²) in [7, 11) is -1.80. The number of rotatable bonds is 6. The molecule has 24 heavy (non-hydrogen) atoms. The molecule has 2 aromatic rings. The highest BCUT2D eigenvalue weighted by Gasteiger charge is 2.16. The maximum atomic E-state index is 12.2. The molecule has 128 valence electrons. The lowest BCUT2D eigenvalue weighted by Gasteiger charge is -2.18. The van der Waals surface area contributed by atoms with E-state index in [9.17, 15) is 13.2 Å². The van der Waals surface area contributed by atoms with Crippen LogP contribution in [0.15, 0.2) is 48.5 Å². The van der Waals surface area contributed by atoms with Crippen molar-refractivity contribution in [3.63, 3.8) is 0 Å². The van der Waals surface area contributed by atoms with Crippen LogP contribution in [0.1, 0.15) is 28.4 Å². The molecule has 1 N–H and O–H groups in total. The third-order valence-corrected chi connectivity index (χ3v) is 5.59. The molecule has 2 aromatic carbocycles. The molecule has 0 aliphatic carbocycles. The third kappa shape index (κ3) is 4.35. The van der Waals surface area contributed by atoms with Crippen LogP contribution >= 0.6 is 0 Å². The SMILES string of the molecule is CCS(=O)(=O)N(C)c1ccc(C(=O)NCc2cccc(C)c2)cc1. The van der Waals surface area contributed by atoms with E-state index < -0.39 is 10.0 Å². The Labute approximate surface area is 143 Å². The zero-order chi connectivity index (χ0) is 17.7. The predicted molar refractivity (Wildman–Crippen MR) is 96.7 cm³/mol. The van der Waals surface area contributed by atoms with Gasteiger partial charge in [-0.2, -0.15) is 0 Å². The first-order valence-corrected chi connectivity index (χ1v) is 9.35. The van der Waals surface area contributed by atoms with Crippen molar-refractivity contribution in [1.29, 1.82) is 0 Å². The number of hydrogen-bond donors (Lipinski definition) is 1. The number of anilines is 1. The van der Waals surface area contributed by atoms with Crippen LogP contribution in [0.3, 0.4) is 0 Å². The second kappa shape index (κ2) is 7.49. The fourth-order valence-electron chi connectivity index (χ4n) is 2.28. The van der Waals surface area contributed by atoms with E-state index >= 15 is 0 Å². The number of nitrogens with zero attached hydrogens (tertiary/aromatic N) is 1. The molecule has 1 amide bonds. The van der Waals surface area contributed by atoms with E-state index in [0.29, 0.717) is 17.8 Å². The summed E-state index contributed by atoms with van der Waals surface area (Å²) in [6.07, 6.45) is 0. The topological polar surface area (TPSA) is 66.5 Å². The Balaban J connectivity index is 2.03. The number of nitrogens with one attached hydrogen (secondary N) is 1. The average molecular weight is 346 g/mol. The van der Waals surface area contributed by atoms with Gasteiger partial charge in [-0.15, -0.1) is 0 Å². The van der Waals surface area contributed by atoms with Crippen LogP contribution in [0.2, 0.25) is 0 Å². The fourth-order valence-corrected chi connectivity index (χ4v) is 3.11. The van der Waals surface area contributed by atoms with Gasteiger partial charge >= 0.3 is 0 Å². The molecule has 5 nitrogen and oxygen atoms in total. The zero-order valence-electron chi connectivity index (χ0n) is 14.1. The van der Waals surface area contributed by atoms with E-state index in [2.05, 4.69) is 5.32 Å². The number of hydrogen-bond acceptors (Lipinski definition) is 3. The second-order valence-corrected chi connectivity index (χ2v) is 7.88. The van der Waals surface area contributed by atoms with Gasteiger partial charge in [-0.3, -0.25) is 9.10 Å². The number of amides is 1. The molecule has 0 heterocycles. The maximum Gasteiger partial charge on any atom is 0.251 e. The van der Waals surface area contributed by atoms with Gasteiger partial charge in [0.05, 0.1) is 11.4 Å². The van der Waals surface area contributed by atoms with Gasteiger partial charge in [0.1, 0.15) is 0 Å². The molecule has 2 rings (SSSR count). The standard InChI is InChI=1S/C18H22N2O3S/c1-4-24(22,23)20(3)17-10-8-16(9-11-17)18(21)19-13-15-7-5-6-14(2)12-15/h5-12H,4,13H2,1-3H3,(H,19,21). The van der Waals surface area contributed by atoms with E-state index in [1.54, 1.807) is 31.2 Å². The Morgan fingerprint density at radius 3 is 2.38 bits per heavy atom. The summed E-state index contributed by atoms with van der Waals surface area (Å²) in [5, 5.41) is 2.86. The lowest BCUT2D eigenvalue weighted by Crippen LogP contribution is -2.28. The number of sulfonamides is 1. The molecule has 0 aliphatic heterocycles. The van der Waals surface area contributed by atoms with Gasteiger partial charge in [0.2, 0.25) is 10.0 Å². The van der Waals surface area contributed by atoms with Crippen LogP contribution in [0.25, 0.3) is 0 Å². The van der Waals surface area contributed by atoms with Crippen molar-refractivity contribution in [3.05, 3.63) is 65.2 Å². The minimum absolute atomic E-state index is 0.0300. The predicted octanol–water partition coefficient (Wildman–Crippen LogP) is 2.71. The van der Waals surface area contributed by atoms with Gasteiger partial charge < -0.3 is 5.32 Å². The minimum Gasteiger partial charge on any atom is -0.348 e. The van der Waals surface area contributed by atoms with E-state index in [1.807, 2.05) is 31.2 Å². The van der Waals surface area contributed by atoms with Crippen molar-refractivity contribution in [3.8, 4) is 0 Å². The number of carbonyl (C=O) groups is 1. The molecule has 0 saturated heterocycles. The van der Waals surface area contributed by atoms with E-state index in [4.69, 9.17) is 0 Å². The summed E-state index contributed by atoms with van der Waals surface area (Å²) in [5.74, 6) is -0.161. The summed E-state index contributed by atoms with van der Waals surface area (Å²) < 4.78 is 24.9. The van der Waals surface area contributed by atoms with Gasteiger partial charge in [0.15, 0.2) is 0 Å². The highest BCUT2D eigenvalue weighted by molar-refractivity contribution is 7.92. The second-order valence-electron chi connectivity index (χ2n) is 5.59. The highest BCUT2D eigenvalue weighted by atomic mass is 32.2. The average Bonchev–Trinajstić information content (AvgIpc) is 2.59. The molecule has 0 unspecified atom stereocenters. The Kier molecular flexibility index (Phi) is 5.62. The van der Waals surface area contributed by atoms with Crippen molar-refractivity contribution in [1.82, 2.24) is 5.32 Å². The molecule has 0 spiro atoms. The number of carbonyl (C=O) groups excluding carboxylic acids is 1. The lowest BCUT2D eigenvalue weighted by atomic mass is 10.1. The first-order valence-electron chi connectivity index (χ1n) is 7.74. The molecule has 0 fully saturated rings. The Hall–Kier alpha value is -2.34. The molecular formula is C18H22N2O3S. The molecular weight excluding hydrogens is 324 g/mol. The Morgan fingerprint density at radius 2 is 1.79 bits per heavy atom. The van der Waals surface area contributed by atoms with Crippen molar-refractivity contribution in [2.45, 2.75) is 20.4 Å². The Bertz CT molecular complexity index is 814. The number of benzene rings is 2. The van der Waals surface area contributed by atoms with Gasteiger partial charge in [0, 0.05) is 19.2 Å². The summed E-state index contributed by atoms with van der Waals surface area (Å²) in [5.41, 5.74) is 3.21. The van der Waals surface area contributed by atoms with E-state index in [-0.39, 0.29) is 11.7 Å². The largest absolute Gasteiger partial charge is 0.348 e. The van der Waals surface area contributed by atoms with E-state index in [1.165, 1.54) is 11.4 Å². The summed E-state index contributed by atoms with van der Waals surface area (Å²) in [6.45, 7) is 4.05. The molecule has 0 aromatic heterocycles. The highest BCUT2D eigenvalue weighted by Crippen LogP contribution is 2.17. The molecule has 0 bridgehead atoms. The van der Waals surface area contributed by atoms with Crippen molar-refractivity contribution < 1.29 is 13.2 Å². The van der Waals surface area contributed by atoms with Crippen molar-refractivity contribution in [2.75, 3.05) is 17.1 Å². The fraction of sp³-hybridized carbons (Fsp3) is 0.278. The van der Waals surface area contributed by atoms with Crippen LogP contribution in [0.4, 0.5) is 5.69 Å². The molecule has 6 heteroatoms. The summed E-state index contributed by atoms with van der Waals surface area (Å²) in [4.78, 5) is 12.2.